The molecule has 2 aliphatic heterocycles. The fourth-order valence-electron chi connectivity index (χ4n) is 3.91. The molecule has 136 valence electrons. The van der Waals surface area contributed by atoms with Gasteiger partial charge >= 0.3 is 6.09 Å². The second kappa shape index (κ2) is 7.39. The van der Waals surface area contributed by atoms with Gasteiger partial charge in [0, 0.05) is 36.9 Å². The van der Waals surface area contributed by atoms with Crippen molar-refractivity contribution in [3.05, 3.63) is 30.1 Å². The Kier molecular flexibility index (Phi) is 5.22. The molecule has 25 heavy (non-hydrogen) atoms. The molecule has 0 bridgehead atoms. The molecular weight excluding hydrogens is 320 g/mol. The molecule has 1 aromatic rings. The van der Waals surface area contributed by atoms with E-state index in [1.165, 1.54) is 4.90 Å². The maximum absolute atomic E-state index is 12.8. The highest BCUT2D eigenvalue weighted by molar-refractivity contribution is 5.82. The van der Waals surface area contributed by atoms with Crippen molar-refractivity contribution in [1.82, 2.24) is 20.1 Å². The summed E-state index contributed by atoms with van der Waals surface area (Å²) in [6.07, 6.45) is 4.62. The molecule has 0 spiro atoms. The van der Waals surface area contributed by atoms with Gasteiger partial charge in [-0.2, -0.15) is 0 Å². The van der Waals surface area contributed by atoms with E-state index in [1.54, 1.807) is 6.20 Å². The Bertz CT molecular complexity index is 614. The number of likely N-dealkylation sites (tertiary alicyclic amines) is 2. The number of aromatic nitrogens is 1. The second-order valence-electron chi connectivity index (χ2n) is 7.18. The number of nitrogens with zero attached hydrogens (tertiary/aromatic N) is 3. The number of hydrogen-bond acceptors (Lipinski definition) is 4. The SMILES string of the molecule is CN1CCCC1C(=O)NC1(Cc2ccccn2)CCN(C(=O)O)CC1. The normalized spacial score (nSPS) is 23.4. The van der Waals surface area contributed by atoms with E-state index < -0.39 is 11.6 Å². The zero-order valence-corrected chi connectivity index (χ0v) is 14.6. The van der Waals surface area contributed by atoms with Crippen LogP contribution in [0.1, 0.15) is 31.4 Å². The number of pyridine rings is 1. The van der Waals surface area contributed by atoms with E-state index in [-0.39, 0.29) is 11.9 Å². The fourth-order valence-corrected chi connectivity index (χ4v) is 3.91. The van der Waals surface area contributed by atoms with Gasteiger partial charge in [0.2, 0.25) is 5.91 Å². The minimum Gasteiger partial charge on any atom is -0.465 e. The third-order valence-electron chi connectivity index (χ3n) is 5.45. The van der Waals surface area contributed by atoms with Crippen LogP contribution in [0.15, 0.2) is 24.4 Å². The molecular formula is C18H26N4O3. The van der Waals surface area contributed by atoms with Crippen LogP contribution in [0.4, 0.5) is 4.79 Å². The van der Waals surface area contributed by atoms with Crippen LogP contribution in [0.25, 0.3) is 0 Å². The summed E-state index contributed by atoms with van der Waals surface area (Å²) in [5, 5.41) is 12.5. The number of carbonyl (C=O) groups is 2. The van der Waals surface area contributed by atoms with Gasteiger partial charge < -0.3 is 15.3 Å². The van der Waals surface area contributed by atoms with E-state index in [0.29, 0.717) is 32.4 Å². The maximum atomic E-state index is 12.8. The lowest BCUT2D eigenvalue weighted by molar-refractivity contribution is -0.127. The minimum atomic E-state index is -0.895. The third-order valence-corrected chi connectivity index (χ3v) is 5.45. The van der Waals surface area contributed by atoms with Crippen LogP contribution in [0.5, 0.6) is 0 Å². The molecule has 2 saturated heterocycles. The van der Waals surface area contributed by atoms with Crippen molar-refractivity contribution >= 4 is 12.0 Å². The molecule has 1 unspecified atom stereocenters. The average molecular weight is 346 g/mol. The van der Waals surface area contributed by atoms with Gasteiger partial charge in [-0.25, -0.2) is 4.79 Å². The molecule has 7 heteroatoms. The van der Waals surface area contributed by atoms with E-state index in [4.69, 9.17) is 0 Å². The van der Waals surface area contributed by atoms with E-state index in [1.807, 2.05) is 25.2 Å². The van der Waals surface area contributed by atoms with Gasteiger partial charge in [-0.1, -0.05) is 6.07 Å². The number of likely N-dealkylation sites (N-methyl/N-ethyl adjacent to an activating group) is 1. The average Bonchev–Trinajstić information content (AvgIpc) is 3.02. The Morgan fingerprint density at radius 2 is 2.08 bits per heavy atom. The van der Waals surface area contributed by atoms with Crippen molar-refractivity contribution in [2.45, 2.75) is 43.7 Å². The summed E-state index contributed by atoms with van der Waals surface area (Å²) >= 11 is 0. The summed E-state index contributed by atoms with van der Waals surface area (Å²) in [5.41, 5.74) is 0.493. The lowest BCUT2D eigenvalue weighted by Gasteiger charge is -2.42. The number of carboxylic acid groups (broad SMARTS) is 1. The fraction of sp³-hybridized carbons (Fsp3) is 0.611. The van der Waals surface area contributed by atoms with Crippen LogP contribution < -0.4 is 5.32 Å². The lowest BCUT2D eigenvalue weighted by Crippen LogP contribution is -2.60. The Balaban J connectivity index is 1.75. The molecule has 3 heterocycles. The van der Waals surface area contributed by atoms with Crippen LogP contribution in [0.3, 0.4) is 0 Å². The Morgan fingerprint density at radius 3 is 2.64 bits per heavy atom. The van der Waals surface area contributed by atoms with E-state index in [0.717, 1.165) is 25.1 Å². The summed E-state index contributed by atoms with van der Waals surface area (Å²) in [6, 6.07) is 5.68. The highest BCUT2D eigenvalue weighted by Crippen LogP contribution is 2.27. The van der Waals surface area contributed by atoms with E-state index in [2.05, 4.69) is 15.2 Å². The first kappa shape index (κ1) is 17.7. The smallest absolute Gasteiger partial charge is 0.407 e. The zero-order valence-electron chi connectivity index (χ0n) is 14.6. The molecule has 2 amide bonds. The summed E-state index contributed by atoms with van der Waals surface area (Å²) in [7, 11) is 1.98. The maximum Gasteiger partial charge on any atom is 0.407 e. The standard InChI is InChI=1S/C18H26N4O3/c1-21-10-4-6-15(21)16(23)20-18(13-14-5-2-3-9-19-14)7-11-22(12-8-18)17(24)25/h2-3,5,9,15H,4,6-8,10-13H2,1H3,(H,20,23)(H,24,25). The Morgan fingerprint density at radius 1 is 1.32 bits per heavy atom. The van der Waals surface area contributed by atoms with Gasteiger partial charge in [0.15, 0.2) is 0 Å². The number of piperidine rings is 1. The van der Waals surface area contributed by atoms with Gasteiger partial charge in [0.1, 0.15) is 0 Å². The number of amides is 2. The van der Waals surface area contributed by atoms with Gasteiger partial charge in [-0.05, 0) is 51.4 Å². The highest BCUT2D eigenvalue weighted by atomic mass is 16.4. The van der Waals surface area contributed by atoms with Crippen LogP contribution >= 0.6 is 0 Å². The third kappa shape index (κ3) is 4.10. The minimum absolute atomic E-state index is 0.0553. The van der Waals surface area contributed by atoms with Crippen molar-refractivity contribution in [2.75, 3.05) is 26.7 Å². The number of hydrogen-bond donors (Lipinski definition) is 2. The van der Waals surface area contributed by atoms with Crippen LogP contribution in [0, 0.1) is 0 Å². The van der Waals surface area contributed by atoms with Crippen molar-refractivity contribution in [3.8, 4) is 0 Å². The van der Waals surface area contributed by atoms with Crippen molar-refractivity contribution in [1.29, 1.82) is 0 Å². The molecule has 0 saturated carbocycles. The number of nitrogens with one attached hydrogen (secondary N) is 1. The summed E-state index contributed by atoms with van der Waals surface area (Å²) in [5.74, 6) is 0.0553. The van der Waals surface area contributed by atoms with E-state index >= 15 is 0 Å². The molecule has 2 aliphatic rings. The number of rotatable bonds is 4. The van der Waals surface area contributed by atoms with Crippen LogP contribution in [-0.2, 0) is 11.2 Å². The van der Waals surface area contributed by atoms with Gasteiger partial charge in [-0.15, -0.1) is 0 Å². The van der Waals surface area contributed by atoms with Gasteiger partial charge in [0.25, 0.3) is 0 Å². The van der Waals surface area contributed by atoms with Crippen LogP contribution in [-0.4, -0.2) is 70.2 Å². The second-order valence-corrected chi connectivity index (χ2v) is 7.18. The highest BCUT2D eigenvalue weighted by Gasteiger charge is 2.40. The zero-order chi connectivity index (χ0) is 17.9. The summed E-state index contributed by atoms with van der Waals surface area (Å²) in [6.45, 7) is 1.81. The molecule has 0 aromatic carbocycles. The first-order valence-corrected chi connectivity index (χ1v) is 8.89. The topological polar surface area (TPSA) is 85.8 Å². The molecule has 2 N–H and O–H groups in total. The van der Waals surface area contributed by atoms with Gasteiger partial charge in [0.05, 0.1) is 6.04 Å². The molecule has 1 aromatic heterocycles. The molecule has 2 fully saturated rings. The molecule has 1 atom stereocenters. The van der Waals surface area contributed by atoms with Crippen LogP contribution in [0.2, 0.25) is 0 Å². The van der Waals surface area contributed by atoms with Gasteiger partial charge in [-0.3, -0.25) is 14.7 Å². The van der Waals surface area contributed by atoms with Crippen molar-refractivity contribution in [3.63, 3.8) is 0 Å². The molecule has 0 radical (unpaired) electrons. The van der Waals surface area contributed by atoms with Crippen molar-refractivity contribution < 1.29 is 14.7 Å². The van der Waals surface area contributed by atoms with Crippen molar-refractivity contribution in [2.24, 2.45) is 0 Å². The Hall–Kier alpha value is -2.15. The number of carbonyl (C=O) groups excluding carboxylic acids is 1. The quantitative estimate of drug-likeness (QED) is 0.859. The first-order chi connectivity index (χ1) is 12.0. The predicted molar refractivity (Wildman–Crippen MR) is 93.3 cm³/mol. The largest absolute Gasteiger partial charge is 0.465 e. The molecule has 0 aliphatic carbocycles. The molecule has 3 rings (SSSR count). The summed E-state index contributed by atoms with van der Waals surface area (Å²) in [4.78, 5) is 32.0. The predicted octanol–water partition coefficient (Wildman–Crippen LogP) is 1.35. The first-order valence-electron chi connectivity index (χ1n) is 8.89. The molecule has 7 nitrogen and oxygen atoms in total. The lowest BCUT2D eigenvalue weighted by atomic mass is 9.82. The Labute approximate surface area is 148 Å². The summed E-state index contributed by atoms with van der Waals surface area (Å²) < 4.78 is 0. The van der Waals surface area contributed by atoms with E-state index in [9.17, 15) is 14.7 Å². The monoisotopic (exact) mass is 346 g/mol.